The van der Waals surface area contributed by atoms with Crippen LogP contribution in [0, 0.1) is 0 Å². The first kappa shape index (κ1) is 17.3. The summed E-state index contributed by atoms with van der Waals surface area (Å²) in [5.41, 5.74) is 2.33. The van der Waals surface area contributed by atoms with E-state index in [0.29, 0.717) is 19.8 Å². The van der Waals surface area contributed by atoms with Gasteiger partial charge >= 0.3 is 0 Å². The predicted molar refractivity (Wildman–Crippen MR) is 92.1 cm³/mol. The number of ether oxygens (including phenoxy) is 3. The van der Waals surface area contributed by atoms with Gasteiger partial charge in [0.1, 0.15) is 6.61 Å². The van der Waals surface area contributed by atoms with Crippen molar-refractivity contribution in [1.29, 1.82) is 0 Å². The van der Waals surface area contributed by atoms with Crippen LogP contribution in [0.15, 0.2) is 48.5 Å². The molecule has 0 saturated heterocycles. The van der Waals surface area contributed by atoms with Gasteiger partial charge in [-0.05, 0) is 18.6 Å². The van der Waals surface area contributed by atoms with Crippen molar-refractivity contribution in [3.63, 3.8) is 0 Å². The van der Waals surface area contributed by atoms with Gasteiger partial charge < -0.3 is 19.5 Å². The Morgan fingerprint density at radius 3 is 2.43 bits per heavy atom. The quantitative estimate of drug-likeness (QED) is 0.718. The van der Waals surface area contributed by atoms with Crippen molar-refractivity contribution in [2.24, 2.45) is 0 Å². The SMILES string of the molecule is COCCOc1c(CNC(C)c2ccccc2)cccc1OC. The molecule has 1 atom stereocenters. The van der Waals surface area contributed by atoms with Crippen LogP contribution in [-0.4, -0.2) is 27.4 Å². The molecule has 4 heteroatoms. The van der Waals surface area contributed by atoms with E-state index in [-0.39, 0.29) is 6.04 Å². The Kier molecular flexibility index (Phi) is 6.91. The molecule has 1 unspecified atom stereocenters. The average molecular weight is 315 g/mol. The van der Waals surface area contributed by atoms with E-state index in [1.54, 1.807) is 14.2 Å². The number of nitrogens with one attached hydrogen (secondary N) is 1. The molecule has 0 amide bonds. The highest BCUT2D eigenvalue weighted by atomic mass is 16.5. The molecule has 0 aliphatic carbocycles. The van der Waals surface area contributed by atoms with Crippen molar-refractivity contribution in [2.75, 3.05) is 27.4 Å². The number of para-hydroxylation sites is 1. The van der Waals surface area contributed by atoms with Gasteiger partial charge in [0.05, 0.1) is 13.7 Å². The van der Waals surface area contributed by atoms with Gasteiger partial charge in [0.15, 0.2) is 11.5 Å². The minimum absolute atomic E-state index is 0.259. The fraction of sp³-hybridized carbons (Fsp3) is 0.368. The van der Waals surface area contributed by atoms with Crippen LogP contribution in [0.3, 0.4) is 0 Å². The summed E-state index contributed by atoms with van der Waals surface area (Å²) in [5, 5.41) is 3.53. The molecule has 0 aliphatic heterocycles. The second kappa shape index (κ2) is 9.18. The largest absolute Gasteiger partial charge is 0.493 e. The fourth-order valence-electron chi connectivity index (χ4n) is 2.37. The molecular weight excluding hydrogens is 290 g/mol. The van der Waals surface area contributed by atoms with E-state index >= 15 is 0 Å². The van der Waals surface area contributed by atoms with Crippen molar-refractivity contribution >= 4 is 0 Å². The Bertz CT molecular complexity index is 586. The summed E-state index contributed by atoms with van der Waals surface area (Å²) in [4.78, 5) is 0. The third kappa shape index (κ3) is 4.98. The lowest BCUT2D eigenvalue weighted by Gasteiger charge is -2.18. The zero-order valence-corrected chi connectivity index (χ0v) is 14.0. The third-order valence-electron chi connectivity index (χ3n) is 3.71. The molecule has 2 rings (SSSR count). The summed E-state index contributed by atoms with van der Waals surface area (Å²) in [5.74, 6) is 1.52. The van der Waals surface area contributed by atoms with E-state index in [1.807, 2.05) is 18.2 Å². The van der Waals surface area contributed by atoms with Crippen LogP contribution >= 0.6 is 0 Å². The van der Waals surface area contributed by atoms with Crippen molar-refractivity contribution in [1.82, 2.24) is 5.32 Å². The molecule has 2 aromatic rings. The summed E-state index contributed by atoms with van der Waals surface area (Å²) in [7, 11) is 3.32. The van der Waals surface area contributed by atoms with Crippen LogP contribution in [0.2, 0.25) is 0 Å². The van der Waals surface area contributed by atoms with Crippen LogP contribution in [0.4, 0.5) is 0 Å². The first-order valence-electron chi connectivity index (χ1n) is 7.82. The summed E-state index contributed by atoms with van der Waals surface area (Å²) in [6.07, 6.45) is 0. The number of hydrogen-bond acceptors (Lipinski definition) is 4. The standard InChI is InChI=1S/C19H25NO3/c1-15(16-8-5-4-6-9-16)20-14-17-10-7-11-18(22-3)19(17)23-13-12-21-2/h4-11,15,20H,12-14H2,1-3H3. The normalized spacial score (nSPS) is 12.0. The maximum Gasteiger partial charge on any atom is 0.165 e. The number of hydrogen-bond donors (Lipinski definition) is 1. The molecule has 0 fully saturated rings. The van der Waals surface area contributed by atoms with Gasteiger partial charge in [0, 0.05) is 25.3 Å². The van der Waals surface area contributed by atoms with Gasteiger partial charge in [-0.1, -0.05) is 42.5 Å². The lowest BCUT2D eigenvalue weighted by Crippen LogP contribution is -2.19. The molecule has 0 aliphatic rings. The number of methoxy groups -OCH3 is 2. The Hall–Kier alpha value is -2.04. The molecule has 23 heavy (non-hydrogen) atoms. The molecular formula is C19H25NO3. The predicted octanol–water partition coefficient (Wildman–Crippen LogP) is 3.57. The maximum absolute atomic E-state index is 5.85. The highest BCUT2D eigenvalue weighted by Crippen LogP contribution is 2.31. The van der Waals surface area contributed by atoms with Crippen LogP contribution in [0.25, 0.3) is 0 Å². The topological polar surface area (TPSA) is 39.7 Å². The summed E-state index contributed by atoms with van der Waals surface area (Å²) >= 11 is 0. The molecule has 124 valence electrons. The molecule has 0 spiro atoms. The average Bonchev–Trinajstić information content (AvgIpc) is 2.61. The molecule has 4 nitrogen and oxygen atoms in total. The lowest BCUT2D eigenvalue weighted by atomic mass is 10.1. The van der Waals surface area contributed by atoms with Gasteiger partial charge in [0.25, 0.3) is 0 Å². The molecule has 0 bridgehead atoms. The monoisotopic (exact) mass is 315 g/mol. The van der Waals surface area contributed by atoms with Crippen LogP contribution in [0.1, 0.15) is 24.1 Å². The number of benzene rings is 2. The second-order valence-electron chi connectivity index (χ2n) is 5.30. The van der Waals surface area contributed by atoms with Crippen LogP contribution < -0.4 is 14.8 Å². The van der Waals surface area contributed by atoms with Gasteiger partial charge in [-0.25, -0.2) is 0 Å². The van der Waals surface area contributed by atoms with Crippen LogP contribution in [0.5, 0.6) is 11.5 Å². The highest BCUT2D eigenvalue weighted by molar-refractivity contribution is 5.46. The third-order valence-corrected chi connectivity index (χ3v) is 3.71. The summed E-state index contributed by atoms with van der Waals surface area (Å²) in [6.45, 7) is 3.90. The van der Waals surface area contributed by atoms with Crippen molar-refractivity contribution < 1.29 is 14.2 Å². The molecule has 0 radical (unpaired) electrons. The van der Waals surface area contributed by atoms with Crippen molar-refractivity contribution in [2.45, 2.75) is 19.5 Å². The summed E-state index contributed by atoms with van der Waals surface area (Å²) < 4.78 is 16.3. The van der Waals surface area contributed by atoms with E-state index in [1.165, 1.54) is 5.56 Å². The Morgan fingerprint density at radius 2 is 1.74 bits per heavy atom. The zero-order chi connectivity index (χ0) is 16.5. The second-order valence-corrected chi connectivity index (χ2v) is 5.30. The zero-order valence-electron chi connectivity index (χ0n) is 14.0. The Morgan fingerprint density at radius 1 is 0.957 bits per heavy atom. The van der Waals surface area contributed by atoms with Crippen molar-refractivity contribution in [3.05, 3.63) is 59.7 Å². The Balaban J connectivity index is 2.06. The molecule has 0 aromatic heterocycles. The molecule has 1 N–H and O–H groups in total. The first-order chi connectivity index (χ1) is 11.3. The van der Waals surface area contributed by atoms with Crippen LogP contribution in [-0.2, 0) is 11.3 Å². The van der Waals surface area contributed by atoms with E-state index in [0.717, 1.165) is 17.1 Å². The fourth-order valence-corrected chi connectivity index (χ4v) is 2.37. The summed E-state index contributed by atoms with van der Waals surface area (Å²) in [6, 6.07) is 16.6. The van der Waals surface area contributed by atoms with Gasteiger partial charge in [-0.15, -0.1) is 0 Å². The first-order valence-corrected chi connectivity index (χ1v) is 7.82. The van der Waals surface area contributed by atoms with E-state index in [9.17, 15) is 0 Å². The van der Waals surface area contributed by atoms with E-state index < -0.39 is 0 Å². The van der Waals surface area contributed by atoms with Crippen molar-refractivity contribution in [3.8, 4) is 11.5 Å². The van der Waals surface area contributed by atoms with E-state index in [2.05, 4.69) is 42.6 Å². The molecule has 0 saturated carbocycles. The van der Waals surface area contributed by atoms with Gasteiger partial charge in [-0.2, -0.15) is 0 Å². The van der Waals surface area contributed by atoms with E-state index in [4.69, 9.17) is 14.2 Å². The van der Waals surface area contributed by atoms with Gasteiger partial charge in [-0.3, -0.25) is 0 Å². The smallest absolute Gasteiger partial charge is 0.165 e. The minimum atomic E-state index is 0.259. The molecule has 0 heterocycles. The lowest BCUT2D eigenvalue weighted by molar-refractivity contribution is 0.143. The molecule has 2 aromatic carbocycles. The maximum atomic E-state index is 5.85. The van der Waals surface area contributed by atoms with Gasteiger partial charge in [0.2, 0.25) is 0 Å². The highest BCUT2D eigenvalue weighted by Gasteiger charge is 2.12. The Labute approximate surface area is 138 Å². The number of rotatable bonds is 9. The minimum Gasteiger partial charge on any atom is -0.493 e.